The second-order valence-electron chi connectivity index (χ2n) is 5.36. The lowest BCUT2D eigenvalue weighted by molar-refractivity contribution is 0.124. The van der Waals surface area contributed by atoms with E-state index in [1.165, 1.54) is 0 Å². The van der Waals surface area contributed by atoms with Crippen LogP contribution in [-0.2, 0) is 18.3 Å². The van der Waals surface area contributed by atoms with Crippen LogP contribution in [0, 0.1) is 12.3 Å². The van der Waals surface area contributed by atoms with Crippen LogP contribution in [0.25, 0.3) is 0 Å². The maximum absolute atomic E-state index is 9.18. The summed E-state index contributed by atoms with van der Waals surface area (Å²) >= 11 is 6.20. The molecule has 0 saturated carbocycles. The van der Waals surface area contributed by atoms with Crippen LogP contribution >= 0.6 is 11.6 Å². The van der Waals surface area contributed by atoms with Crippen molar-refractivity contribution in [1.29, 1.82) is 0 Å². The van der Waals surface area contributed by atoms with Crippen molar-refractivity contribution in [2.45, 2.75) is 26.3 Å². The Morgan fingerprint density at radius 2 is 2.37 bits per heavy atom. The molecule has 1 aliphatic rings. The highest BCUT2D eigenvalue weighted by molar-refractivity contribution is 6.30. The monoisotopic (exact) mass is 287 g/mol. The normalized spacial score (nSPS) is 23.2. The fourth-order valence-corrected chi connectivity index (χ4v) is 2.88. The summed E-state index contributed by atoms with van der Waals surface area (Å²) in [7, 11) is 1.84. The molecule has 2 heterocycles. The molecule has 2 N–H and O–H groups in total. The van der Waals surface area contributed by atoms with Gasteiger partial charge in [0, 0.05) is 44.3 Å². The van der Waals surface area contributed by atoms with Crippen molar-refractivity contribution in [3.8, 4) is 0 Å². The molecule has 0 radical (unpaired) electrons. The van der Waals surface area contributed by atoms with E-state index in [4.69, 9.17) is 16.3 Å². The van der Waals surface area contributed by atoms with Gasteiger partial charge in [0.1, 0.15) is 5.15 Å². The maximum Gasteiger partial charge on any atom is 0.131 e. The molecule has 19 heavy (non-hydrogen) atoms. The molecule has 1 aromatic heterocycles. The zero-order valence-electron chi connectivity index (χ0n) is 11.6. The van der Waals surface area contributed by atoms with Gasteiger partial charge in [-0.2, -0.15) is 5.10 Å². The fourth-order valence-electron chi connectivity index (χ4n) is 2.64. The minimum atomic E-state index is 0.0668. The van der Waals surface area contributed by atoms with E-state index in [2.05, 4.69) is 10.4 Å². The second kappa shape index (κ2) is 6.22. The highest BCUT2D eigenvalue weighted by atomic mass is 35.5. The SMILES string of the molecule is Cc1nn(C)c(Cl)c1CNCC1(CCO)CCOC1. The topological polar surface area (TPSA) is 59.3 Å². The molecule has 0 amide bonds. The summed E-state index contributed by atoms with van der Waals surface area (Å²) in [5.41, 5.74) is 2.07. The van der Waals surface area contributed by atoms with Gasteiger partial charge in [0.2, 0.25) is 0 Å². The van der Waals surface area contributed by atoms with Crippen LogP contribution in [0.2, 0.25) is 5.15 Å². The lowest BCUT2D eigenvalue weighted by Crippen LogP contribution is -2.35. The van der Waals surface area contributed by atoms with Gasteiger partial charge in [0.15, 0.2) is 0 Å². The first-order valence-electron chi connectivity index (χ1n) is 6.65. The molecule has 0 bridgehead atoms. The Kier molecular flexibility index (Phi) is 4.84. The number of ether oxygens (including phenoxy) is 1. The number of nitrogens with one attached hydrogen (secondary N) is 1. The second-order valence-corrected chi connectivity index (χ2v) is 5.72. The Morgan fingerprint density at radius 1 is 1.58 bits per heavy atom. The van der Waals surface area contributed by atoms with E-state index >= 15 is 0 Å². The molecule has 1 fully saturated rings. The van der Waals surface area contributed by atoms with Crippen LogP contribution in [0.3, 0.4) is 0 Å². The first-order valence-corrected chi connectivity index (χ1v) is 7.03. The minimum Gasteiger partial charge on any atom is -0.396 e. The Morgan fingerprint density at radius 3 is 2.89 bits per heavy atom. The summed E-state index contributed by atoms with van der Waals surface area (Å²) in [6.07, 6.45) is 1.78. The van der Waals surface area contributed by atoms with Gasteiger partial charge in [-0.05, 0) is 19.8 Å². The molecule has 0 aromatic carbocycles. The molecular weight excluding hydrogens is 266 g/mol. The maximum atomic E-state index is 9.18. The highest BCUT2D eigenvalue weighted by Crippen LogP contribution is 2.31. The smallest absolute Gasteiger partial charge is 0.131 e. The summed E-state index contributed by atoms with van der Waals surface area (Å²) in [4.78, 5) is 0. The predicted molar refractivity (Wildman–Crippen MR) is 74.2 cm³/mol. The number of nitrogens with zero attached hydrogens (tertiary/aromatic N) is 2. The van der Waals surface area contributed by atoms with Crippen molar-refractivity contribution in [3.63, 3.8) is 0 Å². The number of aliphatic hydroxyl groups is 1. The van der Waals surface area contributed by atoms with Crippen LogP contribution in [0.1, 0.15) is 24.1 Å². The van der Waals surface area contributed by atoms with E-state index in [-0.39, 0.29) is 12.0 Å². The third-order valence-electron chi connectivity index (χ3n) is 3.90. The van der Waals surface area contributed by atoms with E-state index in [0.717, 1.165) is 43.9 Å². The first kappa shape index (κ1) is 14.8. The van der Waals surface area contributed by atoms with Gasteiger partial charge in [-0.3, -0.25) is 4.68 Å². The van der Waals surface area contributed by atoms with Crippen molar-refractivity contribution < 1.29 is 9.84 Å². The molecule has 1 unspecified atom stereocenters. The summed E-state index contributed by atoms with van der Waals surface area (Å²) < 4.78 is 7.16. The van der Waals surface area contributed by atoms with Crippen molar-refractivity contribution in [3.05, 3.63) is 16.4 Å². The van der Waals surface area contributed by atoms with E-state index in [1.807, 2.05) is 14.0 Å². The van der Waals surface area contributed by atoms with Gasteiger partial charge in [-0.25, -0.2) is 0 Å². The molecule has 0 spiro atoms. The van der Waals surface area contributed by atoms with E-state index in [1.54, 1.807) is 4.68 Å². The number of aliphatic hydroxyl groups excluding tert-OH is 1. The minimum absolute atomic E-state index is 0.0668. The molecule has 108 valence electrons. The zero-order valence-corrected chi connectivity index (χ0v) is 12.3. The molecular formula is C13H22ClN3O2. The Hall–Kier alpha value is -0.620. The summed E-state index contributed by atoms with van der Waals surface area (Å²) in [5, 5.41) is 17.6. The molecule has 5 nitrogen and oxygen atoms in total. The Bertz CT molecular complexity index is 428. The van der Waals surface area contributed by atoms with Crippen molar-refractivity contribution in [2.75, 3.05) is 26.4 Å². The Balaban J connectivity index is 1.92. The van der Waals surface area contributed by atoms with Crippen LogP contribution < -0.4 is 5.32 Å². The summed E-state index contributed by atoms with van der Waals surface area (Å²) in [6.45, 7) is 5.21. The molecule has 6 heteroatoms. The summed E-state index contributed by atoms with van der Waals surface area (Å²) in [5.74, 6) is 0. The van der Waals surface area contributed by atoms with Gasteiger partial charge >= 0.3 is 0 Å². The molecule has 2 rings (SSSR count). The average molecular weight is 288 g/mol. The van der Waals surface area contributed by atoms with Gasteiger partial charge in [-0.15, -0.1) is 0 Å². The average Bonchev–Trinajstić information content (AvgIpc) is 2.91. The van der Waals surface area contributed by atoms with Gasteiger partial charge in [-0.1, -0.05) is 11.6 Å². The first-order chi connectivity index (χ1) is 9.08. The summed E-state index contributed by atoms with van der Waals surface area (Å²) in [6, 6.07) is 0. The third kappa shape index (κ3) is 3.28. The van der Waals surface area contributed by atoms with Crippen molar-refractivity contribution in [2.24, 2.45) is 12.5 Å². The van der Waals surface area contributed by atoms with Gasteiger partial charge < -0.3 is 15.2 Å². The lowest BCUT2D eigenvalue weighted by Gasteiger charge is -2.26. The van der Waals surface area contributed by atoms with E-state index in [0.29, 0.717) is 11.7 Å². The molecule has 1 aromatic rings. The van der Waals surface area contributed by atoms with Crippen LogP contribution in [0.5, 0.6) is 0 Å². The van der Waals surface area contributed by atoms with Crippen LogP contribution in [-0.4, -0.2) is 41.3 Å². The largest absolute Gasteiger partial charge is 0.396 e. The zero-order chi connectivity index (χ0) is 13.9. The molecule has 0 aliphatic carbocycles. The quantitative estimate of drug-likeness (QED) is 0.827. The predicted octanol–water partition coefficient (Wildman–Crippen LogP) is 1.26. The third-order valence-corrected chi connectivity index (χ3v) is 4.37. The Labute approximate surface area is 118 Å². The number of hydrogen-bond donors (Lipinski definition) is 2. The van der Waals surface area contributed by atoms with Crippen LogP contribution in [0.15, 0.2) is 0 Å². The van der Waals surface area contributed by atoms with Gasteiger partial charge in [0.25, 0.3) is 0 Å². The standard InChI is InChI=1S/C13H22ClN3O2/c1-10-11(12(14)17(2)16-10)7-15-8-13(3-5-18)4-6-19-9-13/h15,18H,3-9H2,1-2H3. The van der Waals surface area contributed by atoms with E-state index in [9.17, 15) is 5.11 Å². The molecule has 1 aliphatic heterocycles. The highest BCUT2D eigenvalue weighted by Gasteiger charge is 2.34. The molecule has 1 saturated heterocycles. The number of aryl methyl sites for hydroxylation is 2. The number of hydrogen-bond acceptors (Lipinski definition) is 4. The fraction of sp³-hybridized carbons (Fsp3) is 0.769. The van der Waals surface area contributed by atoms with Gasteiger partial charge in [0.05, 0.1) is 12.3 Å². The number of rotatable bonds is 6. The van der Waals surface area contributed by atoms with E-state index < -0.39 is 0 Å². The van der Waals surface area contributed by atoms with Crippen molar-refractivity contribution >= 4 is 11.6 Å². The molecule has 1 atom stereocenters. The number of halogens is 1. The lowest BCUT2D eigenvalue weighted by atomic mass is 9.84. The van der Waals surface area contributed by atoms with Crippen molar-refractivity contribution in [1.82, 2.24) is 15.1 Å². The van der Waals surface area contributed by atoms with Crippen LogP contribution in [0.4, 0.5) is 0 Å². The number of aromatic nitrogens is 2.